The molecule has 13 heteroatoms. The van der Waals surface area contributed by atoms with Gasteiger partial charge in [-0.15, -0.1) is 0 Å². The van der Waals surface area contributed by atoms with Crippen LogP contribution in [-0.4, -0.2) is 137 Å². The van der Waals surface area contributed by atoms with E-state index >= 15 is 0 Å². The number of carboxylic acid groups (broad SMARTS) is 4. The number of rotatable bonds is 4. The van der Waals surface area contributed by atoms with E-state index in [1.807, 2.05) is 6.92 Å². The summed E-state index contributed by atoms with van der Waals surface area (Å²) in [6.45, 7) is -0.647. The summed E-state index contributed by atoms with van der Waals surface area (Å²) in [6.07, 6.45) is 0.594. The number of hydrogen-bond donors (Lipinski definition) is 3. The van der Waals surface area contributed by atoms with Crippen LogP contribution in [0.15, 0.2) is 0 Å². The standard InChI is InChI=1S/C6H14O3.4CH2O2.2Ca/c1-2-6(3-7,4-8)5-9;4*2-1-3;;/h7-9H,2-5H2,1H3;4*1H,(H,2,3);;/q;;;;;2*+2/p-4. The Hall–Kier alpha value is 0.279. The van der Waals surface area contributed by atoms with Crippen molar-refractivity contribution < 1.29 is 54.9 Å². The Bertz CT molecular complexity index is 171. The first kappa shape index (κ1) is 43.6. The van der Waals surface area contributed by atoms with Crippen molar-refractivity contribution in [1.29, 1.82) is 0 Å². The van der Waals surface area contributed by atoms with Gasteiger partial charge in [-0.2, -0.15) is 0 Å². The maximum atomic E-state index is 8.66. The molecule has 0 heterocycles. The second-order valence-corrected chi connectivity index (χ2v) is 2.71. The Balaban J connectivity index is -0.0000000311. The summed E-state index contributed by atoms with van der Waals surface area (Å²) in [6, 6.07) is 0. The fourth-order valence-corrected chi connectivity index (χ4v) is 0.485. The summed E-state index contributed by atoms with van der Waals surface area (Å²) in [4.78, 5) is 33.0. The van der Waals surface area contributed by atoms with E-state index in [4.69, 9.17) is 54.9 Å². The molecule has 0 aliphatic heterocycles. The van der Waals surface area contributed by atoms with E-state index in [0.29, 0.717) is 6.42 Å². The molecule has 0 saturated carbocycles. The number of hydrogen-bond acceptors (Lipinski definition) is 11. The SMILES string of the molecule is CCC(CO)(CO)CO.O=C[O-].O=C[O-].O=C[O-].O=C[O-].[Ca+2].[Ca+2]. The van der Waals surface area contributed by atoms with Crippen molar-refractivity contribution >= 4 is 101 Å². The van der Waals surface area contributed by atoms with Crippen LogP contribution in [0.5, 0.6) is 0 Å². The zero-order valence-corrected chi connectivity index (χ0v) is 17.1. The first-order chi connectivity index (χ1) is 9.90. The molecule has 128 valence electrons. The van der Waals surface area contributed by atoms with Crippen LogP contribution in [0, 0.1) is 5.41 Å². The predicted octanol–water partition coefficient (Wildman–Crippen LogP) is -7.94. The Morgan fingerprint density at radius 3 is 0.826 bits per heavy atom. The Morgan fingerprint density at radius 2 is 0.826 bits per heavy atom. The average Bonchev–Trinajstić information content (AvgIpc) is 2.45. The molecule has 11 nitrogen and oxygen atoms in total. The van der Waals surface area contributed by atoms with Crippen LogP contribution in [0.4, 0.5) is 0 Å². The van der Waals surface area contributed by atoms with Crippen LogP contribution in [0.1, 0.15) is 13.3 Å². The van der Waals surface area contributed by atoms with Crippen molar-refractivity contribution in [3.05, 3.63) is 0 Å². The van der Waals surface area contributed by atoms with Gasteiger partial charge in [-0.25, -0.2) is 0 Å². The van der Waals surface area contributed by atoms with Crippen LogP contribution in [0.2, 0.25) is 0 Å². The molecule has 0 aliphatic rings. The van der Waals surface area contributed by atoms with Crippen molar-refractivity contribution in [2.45, 2.75) is 13.3 Å². The van der Waals surface area contributed by atoms with Gasteiger partial charge in [0.25, 0.3) is 0 Å². The molecular weight excluding hydrogens is 376 g/mol. The molecule has 0 aliphatic carbocycles. The van der Waals surface area contributed by atoms with Crippen molar-refractivity contribution in [3.8, 4) is 0 Å². The van der Waals surface area contributed by atoms with Gasteiger partial charge in [-0.05, 0) is 6.42 Å². The molecule has 0 aromatic carbocycles. The van der Waals surface area contributed by atoms with Crippen LogP contribution in [0.3, 0.4) is 0 Å². The van der Waals surface area contributed by atoms with Crippen LogP contribution < -0.4 is 20.4 Å². The minimum atomic E-state index is -0.667. The molecule has 0 aromatic heterocycles. The number of carbonyl (C=O) groups excluding carboxylic acids is 4. The zero-order chi connectivity index (χ0) is 18.2. The normalized spacial score (nSPS) is 6.78. The smallest absolute Gasteiger partial charge is 0.554 e. The summed E-state index contributed by atoms with van der Waals surface area (Å²) >= 11 is 0. The third-order valence-electron chi connectivity index (χ3n) is 1.76. The fraction of sp³-hybridized carbons (Fsp3) is 0.600. The zero-order valence-electron chi connectivity index (χ0n) is 12.7. The van der Waals surface area contributed by atoms with E-state index < -0.39 is 31.3 Å². The van der Waals surface area contributed by atoms with Gasteiger partial charge in [-0.3, -0.25) is 0 Å². The molecule has 0 aromatic rings. The Kier molecular flexibility index (Phi) is 93.8. The molecule has 0 fully saturated rings. The first-order valence-electron chi connectivity index (χ1n) is 4.96. The van der Waals surface area contributed by atoms with Gasteiger partial charge < -0.3 is 54.9 Å². The molecule has 0 saturated heterocycles. The van der Waals surface area contributed by atoms with Gasteiger partial charge in [0, 0.05) is 31.3 Å². The number of carbonyl (C=O) groups is 4. The van der Waals surface area contributed by atoms with Crippen molar-refractivity contribution in [2.24, 2.45) is 5.41 Å². The summed E-state index contributed by atoms with van der Waals surface area (Å²) in [5, 5.41) is 59.0. The van der Waals surface area contributed by atoms with E-state index in [1.165, 1.54) is 0 Å². The van der Waals surface area contributed by atoms with Gasteiger partial charge in [-0.1, -0.05) is 6.92 Å². The Morgan fingerprint density at radius 1 is 0.696 bits per heavy atom. The molecule has 23 heavy (non-hydrogen) atoms. The van der Waals surface area contributed by atoms with Crippen LogP contribution in [-0.2, 0) is 19.2 Å². The quantitative estimate of drug-likeness (QED) is 0.300. The third-order valence-corrected chi connectivity index (χ3v) is 1.76. The molecule has 0 unspecified atom stereocenters. The van der Waals surface area contributed by atoms with E-state index in [2.05, 4.69) is 0 Å². The summed E-state index contributed by atoms with van der Waals surface area (Å²) in [5.74, 6) is 0. The summed E-state index contributed by atoms with van der Waals surface area (Å²) in [7, 11) is 0. The largest absolute Gasteiger partial charge is 2.00 e. The number of aliphatic hydroxyl groups is 3. The second kappa shape index (κ2) is 49.5. The predicted molar refractivity (Wildman–Crippen MR) is 69.7 cm³/mol. The second-order valence-electron chi connectivity index (χ2n) is 2.71. The van der Waals surface area contributed by atoms with Crippen molar-refractivity contribution in [3.63, 3.8) is 0 Å². The van der Waals surface area contributed by atoms with Crippen molar-refractivity contribution in [2.75, 3.05) is 19.8 Å². The third kappa shape index (κ3) is 60.8. The fourth-order valence-electron chi connectivity index (χ4n) is 0.485. The van der Waals surface area contributed by atoms with E-state index in [-0.39, 0.29) is 95.3 Å². The van der Waals surface area contributed by atoms with Crippen LogP contribution >= 0.6 is 0 Å². The first-order valence-corrected chi connectivity index (χ1v) is 4.96. The number of aliphatic hydroxyl groups excluding tert-OH is 3. The van der Waals surface area contributed by atoms with Crippen molar-refractivity contribution in [1.82, 2.24) is 0 Å². The molecule has 0 atom stereocenters. The molecule has 0 amide bonds. The molecular formula is C10H18Ca2O11. The minimum Gasteiger partial charge on any atom is -0.554 e. The monoisotopic (exact) mass is 394 g/mol. The summed E-state index contributed by atoms with van der Waals surface area (Å²) < 4.78 is 0. The summed E-state index contributed by atoms with van der Waals surface area (Å²) in [5.41, 5.74) is -0.667. The maximum Gasteiger partial charge on any atom is 2.00 e. The molecule has 0 rings (SSSR count). The van der Waals surface area contributed by atoms with Gasteiger partial charge in [0.2, 0.25) is 0 Å². The van der Waals surface area contributed by atoms with Gasteiger partial charge in [0.1, 0.15) is 0 Å². The topological polar surface area (TPSA) is 221 Å². The Labute approximate surface area is 192 Å². The van der Waals surface area contributed by atoms with E-state index in [1.54, 1.807) is 0 Å². The van der Waals surface area contributed by atoms with Crippen LogP contribution in [0.25, 0.3) is 0 Å². The van der Waals surface area contributed by atoms with Gasteiger partial charge >= 0.3 is 75.5 Å². The maximum absolute atomic E-state index is 8.66. The van der Waals surface area contributed by atoms with Gasteiger partial charge in [0.05, 0.1) is 19.8 Å². The molecule has 0 radical (unpaired) electrons. The van der Waals surface area contributed by atoms with E-state index in [0.717, 1.165) is 0 Å². The molecule has 0 bridgehead atoms. The minimum absolute atomic E-state index is 0. The average molecular weight is 394 g/mol. The van der Waals surface area contributed by atoms with E-state index in [9.17, 15) is 0 Å². The molecule has 0 spiro atoms. The van der Waals surface area contributed by atoms with Gasteiger partial charge in [0.15, 0.2) is 0 Å². The molecule has 3 N–H and O–H groups in total.